The number of aliphatic imine (C=N–C) groups is 1. The number of ether oxygens (including phenoxy) is 1. The SMILES string of the molecule is CCCC(=O)C1Cc2cccc3c2N1C=CN=C3C1=C(c2cccc3c2OCC3)C(=O)NC1=O. The summed E-state index contributed by atoms with van der Waals surface area (Å²) in [6.45, 7) is 2.54. The molecule has 0 saturated carbocycles. The summed E-state index contributed by atoms with van der Waals surface area (Å²) in [4.78, 5) is 45.6. The smallest absolute Gasteiger partial charge is 0.261 e. The molecule has 7 heteroatoms. The zero-order chi connectivity index (χ0) is 23.4. The standard InChI is InChI=1S/C27H23N3O4/c1-2-5-20(31)19-14-16-7-4-9-18-23(28-11-12-30(19)24(16)18)22-21(26(32)29-27(22)33)17-8-3-6-15-10-13-34-25(15)17/h3-4,6-9,11-12,19H,2,5,10,13-14H2,1H3,(H,29,32,33). The van der Waals surface area contributed by atoms with E-state index in [2.05, 4.69) is 10.3 Å². The van der Waals surface area contributed by atoms with Gasteiger partial charge in [-0.2, -0.15) is 0 Å². The molecule has 0 bridgehead atoms. The Kier molecular flexibility index (Phi) is 4.72. The third-order valence-corrected chi connectivity index (χ3v) is 6.83. The highest BCUT2D eigenvalue weighted by molar-refractivity contribution is 6.48. The Morgan fingerprint density at radius 2 is 1.85 bits per heavy atom. The third kappa shape index (κ3) is 2.96. The minimum absolute atomic E-state index is 0.184. The first-order chi connectivity index (χ1) is 16.6. The highest BCUT2D eigenvalue weighted by Crippen LogP contribution is 2.42. The summed E-state index contributed by atoms with van der Waals surface area (Å²) in [6.07, 6.45) is 6.09. The Hall–Kier alpha value is -4.00. The van der Waals surface area contributed by atoms with E-state index >= 15 is 0 Å². The molecule has 4 heterocycles. The Labute approximate surface area is 196 Å². The van der Waals surface area contributed by atoms with E-state index in [0.29, 0.717) is 36.5 Å². The van der Waals surface area contributed by atoms with E-state index in [-0.39, 0.29) is 23.0 Å². The molecular formula is C27H23N3O4. The van der Waals surface area contributed by atoms with Crippen LogP contribution in [0.3, 0.4) is 0 Å². The van der Waals surface area contributed by atoms with E-state index in [1.165, 1.54) is 0 Å². The molecule has 170 valence electrons. The molecule has 1 atom stereocenters. The van der Waals surface area contributed by atoms with Crippen LogP contribution in [0.25, 0.3) is 5.57 Å². The minimum Gasteiger partial charge on any atom is -0.492 e. The van der Waals surface area contributed by atoms with Crippen molar-refractivity contribution in [2.45, 2.75) is 38.6 Å². The number of para-hydroxylation sites is 2. The number of Topliss-reactive ketones (excluding diaryl/α,β-unsaturated/α-hetero) is 1. The average Bonchev–Trinajstić information content (AvgIpc) is 3.48. The van der Waals surface area contributed by atoms with Gasteiger partial charge in [-0.15, -0.1) is 0 Å². The molecule has 34 heavy (non-hydrogen) atoms. The number of hydrogen-bond acceptors (Lipinski definition) is 6. The average molecular weight is 453 g/mol. The number of amides is 2. The molecule has 0 saturated heterocycles. The Morgan fingerprint density at radius 3 is 2.68 bits per heavy atom. The molecule has 7 nitrogen and oxygen atoms in total. The van der Waals surface area contributed by atoms with Crippen molar-refractivity contribution in [1.29, 1.82) is 0 Å². The van der Waals surface area contributed by atoms with Gasteiger partial charge < -0.3 is 9.64 Å². The maximum atomic E-state index is 13.1. The largest absolute Gasteiger partial charge is 0.492 e. The van der Waals surface area contributed by atoms with Gasteiger partial charge in [-0.3, -0.25) is 24.7 Å². The van der Waals surface area contributed by atoms with E-state index in [0.717, 1.165) is 35.2 Å². The molecule has 2 aromatic carbocycles. The number of anilines is 1. The highest BCUT2D eigenvalue weighted by atomic mass is 16.5. The lowest BCUT2D eigenvalue weighted by atomic mass is 9.91. The first kappa shape index (κ1) is 20.6. The number of hydrogen-bond donors (Lipinski definition) is 1. The summed E-state index contributed by atoms with van der Waals surface area (Å²) in [6, 6.07) is 11.2. The number of rotatable bonds is 5. The maximum Gasteiger partial charge on any atom is 0.261 e. The van der Waals surface area contributed by atoms with E-state index in [1.807, 2.05) is 48.2 Å². The van der Waals surface area contributed by atoms with Crippen molar-refractivity contribution in [2.75, 3.05) is 11.5 Å². The number of nitrogens with one attached hydrogen (secondary N) is 1. The van der Waals surface area contributed by atoms with Crippen LogP contribution < -0.4 is 15.0 Å². The second kappa shape index (κ2) is 7.80. The van der Waals surface area contributed by atoms with E-state index in [4.69, 9.17) is 4.74 Å². The number of benzene rings is 2. The van der Waals surface area contributed by atoms with Crippen LogP contribution in [0.4, 0.5) is 5.69 Å². The molecule has 2 amide bonds. The molecule has 0 radical (unpaired) electrons. The minimum atomic E-state index is -0.481. The zero-order valence-corrected chi connectivity index (χ0v) is 18.8. The van der Waals surface area contributed by atoms with Crippen molar-refractivity contribution < 1.29 is 19.1 Å². The molecule has 0 aromatic heterocycles. The predicted octanol–water partition coefficient (Wildman–Crippen LogP) is 3.11. The van der Waals surface area contributed by atoms with Gasteiger partial charge in [0, 0.05) is 42.8 Å². The van der Waals surface area contributed by atoms with Gasteiger partial charge in [0.05, 0.1) is 35.2 Å². The first-order valence-electron chi connectivity index (χ1n) is 11.6. The molecule has 6 rings (SSSR count). The number of ketones is 1. The van der Waals surface area contributed by atoms with Crippen LogP contribution in [0, 0.1) is 0 Å². The first-order valence-corrected chi connectivity index (χ1v) is 11.6. The van der Waals surface area contributed by atoms with Crippen molar-refractivity contribution >= 4 is 34.6 Å². The number of nitrogens with zero attached hydrogens (tertiary/aromatic N) is 2. The predicted molar refractivity (Wildman–Crippen MR) is 128 cm³/mol. The summed E-state index contributed by atoms with van der Waals surface area (Å²) in [5, 5.41) is 2.46. The fourth-order valence-electron chi connectivity index (χ4n) is 5.37. The zero-order valence-electron chi connectivity index (χ0n) is 18.8. The number of fused-ring (bicyclic) bond motifs is 1. The van der Waals surface area contributed by atoms with Crippen LogP contribution in [0.5, 0.6) is 5.75 Å². The Bertz CT molecular complexity index is 1370. The molecule has 0 spiro atoms. The van der Waals surface area contributed by atoms with Crippen molar-refractivity contribution in [3.63, 3.8) is 0 Å². The number of imide groups is 1. The number of carbonyl (C=O) groups excluding carboxylic acids is 3. The van der Waals surface area contributed by atoms with Crippen LogP contribution >= 0.6 is 0 Å². The lowest BCUT2D eigenvalue weighted by molar-refractivity contribution is -0.123. The topological polar surface area (TPSA) is 88.1 Å². The quantitative estimate of drug-likeness (QED) is 0.703. The van der Waals surface area contributed by atoms with Crippen LogP contribution in [0.2, 0.25) is 0 Å². The fourth-order valence-corrected chi connectivity index (χ4v) is 5.37. The Morgan fingerprint density at radius 1 is 1.09 bits per heavy atom. The van der Waals surface area contributed by atoms with Crippen molar-refractivity contribution in [3.8, 4) is 5.75 Å². The van der Waals surface area contributed by atoms with Crippen molar-refractivity contribution in [2.24, 2.45) is 4.99 Å². The second-order valence-electron chi connectivity index (χ2n) is 8.86. The lowest BCUT2D eigenvalue weighted by Gasteiger charge is -2.23. The molecule has 1 unspecified atom stereocenters. The summed E-state index contributed by atoms with van der Waals surface area (Å²) in [5.74, 6) is -0.108. The van der Waals surface area contributed by atoms with Gasteiger partial charge in [0.2, 0.25) is 0 Å². The molecular weight excluding hydrogens is 430 g/mol. The van der Waals surface area contributed by atoms with Crippen LogP contribution in [0.15, 0.2) is 59.4 Å². The molecule has 2 aromatic rings. The van der Waals surface area contributed by atoms with E-state index < -0.39 is 11.8 Å². The summed E-state index contributed by atoms with van der Waals surface area (Å²) < 4.78 is 5.84. The Balaban J connectivity index is 1.53. The molecule has 0 fully saturated rings. The third-order valence-electron chi connectivity index (χ3n) is 6.83. The molecule has 4 aliphatic rings. The van der Waals surface area contributed by atoms with Crippen LogP contribution in [-0.2, 0) is 27.2 Å². The van der Waals surface area contributed by atoms with Gasteiger partial charge >= 0.3 is 0 Å². The molecule has 4 aliphatic heterocycles. The molecule has 0 aliphatic carbocycles. The summed E-state index contributed by atoms with van der Waals surface area (Å²) in [7, 11) is 0. The van der Waals surface area contributed by atoms with Gasteiger partial charge in [0.1, 0.15) is 5.75 Å². The fraction of sp³-hybridized carbons (Fsp3) is 0.259. The van der Waals surface area contributed by atoms with E-state index in [9.17, 15) is 14.4 Å². The molecule has 1 N–H and O–H groups in total. The lowest BCUT2D eigenvalue weighted by Crippen LogP contribution is -2.35. The monoisotopic (exact) mass is 453 g/mol. The van der Waals surface area contributed by atoms with Crippen LogP contribution in [0.1, 0.15) is 42.0 Å². The highest BCUT2D eigenvalue weighted by Gasteiger charge is 2.41. The second-order valence-corrected chi connectivity index (χ2v) is 8.86. The van der Waals surface area contributed by atoms with Gasteiger partial charge in [-0.1, -0.05) is 43.3 Å². The van der Waals surface area contributed by atoms with Gasteiger partial charge in [0.25, 0.3) is 11.8 Å². The number of carbonyl (C=O) groups is 3. The van der Waals surface area contributed by atoms with Crippen molar-refractivity contribution in [1.82, 2.24) is 5.32 Å². The van der Waals surface area contributed by atoms with Crippen molar-refractivity contribution in [3.05, 3.63) is 76.6 Å². The van der Waals surface area contributed by atoms with E-state index in [1.54, 1.807) is 12.4 Å². The van der Waals surface area contributed by atoms with Gasteiger partial charge in [-0.25, -0.2) is 0 Å². The normalized spacial score (nSPS) is 20.1. The van der Waals surface area contributed by atoms with Gasteiger partial charge in [-0.05, 0) is 17.5 Å². The summed E-state index contributed by atoms with van der Waals surface area (Å²) >= 11 is 0. The summed E-state index contributed by atoms with van der Waals surface area (Å²) in [5.41, 5.74) is 5.19. The van der Waals surface area contributed by atoms with Gasteiger partial charge in [0.15, 0.2) is 5.78 Å². The maximum absolute atomic E-state index is 13.1. The van der Waals surface area contributed by atoms with Crippen LogP contribution in [-0.4, -0.2) is 36.0 Å².